The van der Waals surface area contributed by atoms with Crippen molar-refractivity contribution in [2.75, 3.05) is 13.7 Å². The number of hydrogen-bond acceptors (Lipinski definition) is 3. The van der Waals surface area contributed by atoms with Crippen LogP contribution in [0.2, 0.25) is 5.02 Å². The lowest BCUT2D eigenvalue weighted by atomic mass is 9.76. The Morgan fingerprint density at radius 2 is 2.27 bits per heavy atom. The van der Waals surface area contributed by atoms with Gasteiger partial charge in [0, 0.05) is 37.2 Å². The van der Waals surface area contributed by atoms with Gasteiger partial charge in [0.05, 0.1) is 22.7 Å². The molecule has 0 aliphatic heterocycles. The van der Waals surface area contributed by atoms with E-state index in [9.17, 15) is 9.90 Å². The first-order valence-corrected chi connectivity index (χ1v) is 9.83. The summed E-state index contributed by atoms with van der Waals surface area (Å²) in [5.41, 5.74) is 0.892. The summed E-state index contributed by atoms with van der Waals surface area (Å²) in [6.07, 6.45) is 6.53. The van der Waals surface area contributed by atoms with Crippen LogP contribution in [-0.4, -0.2) is 34.8 Å². The molecule has 142 valence electrons. The molecule has 1 heterocycles. The molecule has 1 aromatic carbocycles. The molecule has 0 radical (unpaired) electrons. The Morgan fingerprint density at radius 3 is 3.00 bits per heavy atom. The van der Waals surface area contributed by atoms with E-state index in [1.54, 1.807) is 7.11 Å². The van der Waals surface area contributed by atoms with Gasteiger partial charge >= 0.3 is 0 Å². The highest BCUT2D eigenvalue weighted by molar-refractivity contribution is 6.37. The SMILES string of the molecule is COCCn1cc(C(=O)CC[C@]2(O)CCC[C@H](C)C2)c2c(Cl)cccc21. The third kappa shape index (κ3) is 4.13. The Morgan fingerprint density at radius 1 is 1.46 bits per heavy atom. The highest BCUT2D eigenvalue weighted by Gasteiger charge is 2.33. The Balaban J connectivity index is 1.81. The third-order valence-electron chi connectivity index (χ3n) is 5.58. The Bertz CT molecular complexity index is 785. The molecule has 1 aliphatic rings. The van der Waals surface area contributed by atoms with E-state index < -0.39 is 5.60 Å². The fourth-order valence-electron chi connectivity index (χ4n) is 4.23. The van der Waals surface area contributed by atoms with Crippen LogP contribution in [0.3, 0.4) is 0 Å². The number of nitrogens with zero attached hydrogens (tertiary/aromatic N) is 1. The second-order valence-electron chi connectivity index (χ2n) is 7.71. The van der Waals surface area contributed by atoms with Gasteiger partial charge in [-0.2, -0.15) is 0 Å². The van der Waals surface area contributed by atoms with E-state index in [1.807, 2.05) is 29.0 Å². The van der Waals surface area contributed by atoms with Crippen molar-refractivity contribution in [2.45, 2.75) is 57.6 Å². The normalized spacial score (nSPS) is 23.5. The average molecular weight is 378 g/mol. The molecule has 2 aromatic rings. The van der Waals surface area contributed by atoms with E-state index in [0.29, 0.717) is 42.5 Å². The second kappa shape index (κ2) is 8.12. The number of fused-ring (bicyclic) bond motifs is 1. The first-order valence-electron chi connectivity index (χ1n) is 9.45. The van der Waals surface area contributed by atoms with Crippen molar-refractivity contribution in [1.29, 1.82) is 0 Å². The number of aromatic nitrogens is 1. The van der Waals surface area contributed by atoms with Crippen LogP contribution >= 0.6 is 11.6 Å². The number of benzene rings is 1. The molecular weight excluding hydrogens is 350 g/mol. The number of hydrogen-bond donors (Lipinski definition) is 1. The fraction of sp³-hybridized carbons (Fsp3) is 0.571. The minimum atomic E-state index is -0.703. The fourth-order valence-corrected chi connectivity index (χ4v) is 4.51. The lowest BCUT2D eigenvalue weighted by Crippen LogP contribution is -2.35. The first kappa shape index (κ1) is 19.4. The number of halogens is 1. The van der Waals surface area contributed by atoms with Gasteiger partial charge in [-0.3, -0.25) is 4.79 Å². The molecule has 4 nitrogen and oxygen atoms in total. The van der Waals surface area contributed by atoms with E-state index >= 15 is 0 Å². The number of ether oxygens (including phenoxy) is 1. The van der Waals surface area contributed by atoms with Gasteiger partial charge in [-0.05, 0) is 37.3 Å². The van der Waals surface area contributed by atoms with Crippen LogP contribution in [0.5, 0.6) is 0 Å². The Kier molecular flexibility index (Phi) is 6.06. The molecule has 5 heteroatoms. The second-order valence-corrected chi connectivity index (χ2v) is 8.12. The predicted molar refractivity (Wildman–Crippen MR) is 105 cm³/mol. The molecule has 0 amide bonds. The third-order valence-corrected chi connectivity index (χ3v) is 5.89. The lowest BCUT2D eigenvalue weighted by molar-refractivity contribution is -0.0204. The van der Waals surface area contributed by atoms with Gasteiger partial charge in [-0.25, -0.2) is 0 Å². The molecule has 0 bridgehead atoms. The molecule has 2 atom stereocenters. The van der Waals surface area contributed by atoms with Crippen molar-refractivity contribution < 1.29 is 14.6 Å². The number of Topliss-reactive ketones (excluding diaryl/α,β-unsaturated/α-hetero) is 1. The maximum Gasteiger partial charge on any atom is 0.165 e. The average Bonchev–Trinajstić information content (AvgIpc) is 2.98. The maximum absolute atomic E-state index is 13.0. The zero-order valence-corrected chi connectivity index (χ0v) is 16.4. The lowest BCUT2D eigenvalue weighted by Gasteiger charge is -2.35. The summed E-state index contributed by atoms with van der Waals surface area (Å²) in [5.74, 6) is 0.570. The van der Waals surface area contributed by atoms with E-state index in [2.05, 4.69) is 6.92 Å². The molecule has 0 unspecified atom stereocenters. The van der Waals surface area contributed by atoms with Crippen molar-refractivity contribution in [3.63, 3.8) is 0 Å². The zero-order valence-electron chi connectivity index (χ0n) is 15.6. The largest absolute Gasteiger partial charge is 0.390 e. The minimum absolute atomic E-state index is 0.0471. The monoisotopic (exact) mass is 377 g/mol. The van der Waals surface area contributed by atoms with Gasteiger partial charge in [0.15, 0.2) is 5.78 Å². The number of rotatable bonds is 7. The van der Waals surface area contributed by atoms with Gasteiger partial charge in [-0.1, -0.05) is 37.4 Å². The number of ketones is 1. The molecule has 26 heavy (non-hydrogen) atoms. The molecule has 1 fully saturated rings. The van der Waals surface area contributed by atoms with Crippen LogP contribution in [0, 0.1) is 5.92 Å². The molecule has 1 aromatic heterocycles. The maximum atomic E-state index is 13.0. The van der Waals surface area contributed by atoms with Crippen molar-refractivity contribution in [1.82, 2.24) is 4.57 Å². The number of methoxy groups -OCH3 is 1. The van der Waals surface area contributed by atoms with E-state index in [-0.39, 0.29) is 5.78 Å². The van der Waals surface area contributed by atoms with Gasteiger partial charge in [0.1, 0.15) is 0 Å². The molecule has 1 saturated carbocycles. The van der Waals surface area contributed by atoms with Crippen molar-refractivity contribution in [3.8, 4) is 0 Å². The first-order chi connectivity index (χ1) is 12.4. The van der Waals surface area contributed by atoms with Crippen molar-refractivity contribution in [2.24, 2.45) is 5.92 Å². The van der Waals surface area contributed by atoms with Gasteiger partial charge in [0.2, 0.25) is 0 Å². The van der Waals surface area contributed by atoms with E-state index in [1.165, 1.54) is 6.42 Å². The molecule has 3 rings (SSSR count). The van der Waals surface area contributed by atoms with Gasteiger partial charge in [-0.15, -0.1) is 0 Å². The molecule has 1 aliphatic carbocycles. The standard InChI is InChI=1S/C21H28ClNO3/c1-15-5-4-9-21(25,13-15)10-8-19(24)16-14-23(11-12-26-2)18-7-3-6-17(22)20(16)18/h3,6-7,14-15,25H,4-5,8-13H2,1-2H3/t15-,21+/m0/s1. The smallest absolute Gasteiger partial charge is 0.165 e. The minimum Gasteiger partial charge on any atom is -0.390 e. The van der Waals surface area contributed by atoms with Crippen LogP contribution in [0.15, 0.2) is 24.4 Å². The van der Waals surface area contributed by atoms with Crippen LogP contribution in [0.1, 0.15) is 55.8 Å². The Hall–Kier alpha value is -1.36. The summed E-state index contributed by atoms with van der Waals surface area (Å²) in [5, 5.41) is 12.2. The zero-order chi connectivity index (χ0) is 18.7. The summed E-state index contributed by atoms with van der Waals surface area (Å²) in [6.45, 7) is 3.42. The summed E-state index contributed by atoms with van der Waals surface area (Å²) in [6, 6.07) is 5.69. The molecule has 0 spiro atoms. The van der Waals surface area contributed by atoms with Crippen LogP contribution in [0.25, 0.3) is 10.9 Å². The van der Waals surface area contributed by atoms with Crippen molar-refractivity contribution >= 4 is 28.3 Å². The molecule has 1 N–H and O–H groups in total. The summed E-state index contributed by atoms with van der Waals surface area (Å²) < 4.78 is 7.20. The molecular formula is C21H28ClNO3. The summed E-state index contributed by atoms with van der Waals surface area (Å²) in [4.78, 5) is 13.0. The summed E-state index contributed by atoms with van der Waals surface area (Å²) >= 11 is 6.40. The predicted octanol–water partition coefficient (Wildman–Crippen LogP) is 4.85. The highest BCUT2D eigenvalue weighted by atomic mass is 35.5. The summed E-state index contributed by atoms with van der Waals surface area (Å²) in [7, 11) is 1.66. The highest BCUT2D eigenvalue weighted by Crippen LogP contribution is 2.36. The van der Waals surface area contributed by atoms with E-state index in [4.69, 9.17) is 16.3 Å². The van der Waals surface area contributed by atoms with Crippen LogP contribution in [-0.2, 0) is 11.3 Å². The topological polar surface area (TPSA) is 51.5 Å². The van der Waals surface area contributed by atoms with Crippen LogP contribution in [0.4, 0.5) is 0 Å². The van der Waals surface area contributed by atoms with Gasteiger partial charge < -0.3 is 14.4 Å². The van der Waals surface area contributed by atoms with Crippen LogP contribution < -0.4 is 0 Å². The quantitative estimate of drug-likeness (QED) is 0.702. The van der Waals surface area contributed by atoms with E-state index in [0.717, 1.165) is 30.2 Å². The number of carbonyl (C=O) groups is 1. The molecule has 0 saturated heterocycles. The number of aliphatic hydroxyl groups is 1. The van der Waals surface area contributed by atoms with Gasteiger partial charge in [0.25, 0.3) is 0 Å². The van der Waals surface area contributed by atoms with Crippen molar-refractivity contribution in [3.05, 3.63) is 35.0 Å². The Labute approximate surface area is 160 Å². The number of carbonyl (C=O) groups excluding carboxylic acids is 1.